The maximum absolute atomic E-state index is 11.5. The Bertz CT molecular complexity index is 684. The highest BCUT2D eigenvalue weighted by Crippen LogP contribution is 2.29. The Morgan fingerprint density at radius 3 is 2.79 bits per heavy atom. The van der Waals surface area contributed by atoms with Gasteiger partial charge in [0, 0.05) is 45.0 Å². The minimum atomic E-state index is 0.0733. The summed E-state index contributed by atoms with van der Waals surface area (Å²) in [7, 11) is 1.68. The molecule has 0 aromatic carbocycles. The third kappa shape index (κ3) is 7.53. The maximum atomic E-state index is 11.5. The number of amides is 1. The van der Waals surface area contributed by atoms with Gasteiger partial charge in [-0.2, -0.15) is 0 Å². The molecule has 8 heteroatoms. The van der Waals surface area contributed by atoms with Crippen LogP contribution in [0.2, 0.25) is 0 Å². The molecule has 0 bridgehead atoms. The molecule has 0 unspecified atom stereocenters. The van der Waals surface area contributed by atoms with Crippen LogP contribution in [0.15, 0.2) is 23.3 Å². The second-order valence-electron chi connectivity index (χ2n) is 7.82. The molecular formula is C21H34N6O2. The molecule has 160 valence electrons. The van der Waals surface area contributed by atoms with Gasteiger partial charge in [-0.25, -0.2) is 9.98 Å². The number of carbonyl (C=O) groups excluding carboxylic acids is 1. The first-order chi connectivity index (χ1) is 14.2. The van der Waals surface area contributed by atoms with E-state index in [0.717, 1.165) is 50.6 Å². The third-order valence-electron chi connectivity index (χ3n) is 5.30. The lowest BCUT2D eigenvalue weighted by Crippen LogP contribution is -2.50. The molecule has 3 N–H and O–H groups in total. The van der Waals surface area contributed by atoms with Crippen molar-refractivity contribution in [2.45, 2.75) is 45.2 Å². The topological polar surface area (TPSA) is 90.9 Å². The Labute approximate surface area is 173 Å². The number of aromatic nitrogens is 1. The van der Waals surface area contributed by atoms with Crippen molar-refractivity contribution >= 4 is 11.9 Å². The number of likely N-dealkylation sites (N-methyl/N-ethyl adjacent to an activating group) is 1. The molecule has 3 rings (SSSR count). The Balaban J connectivity index is 1.48. The van der Waals surface area contributed by atoms with E-state index < -0.39 is 0 Å². The smallest absolute Gasteiger partial charge is 0.233 e. The van der Waals surface area contributed by atoms with E-state index in [-0.39, 0.29) is 5.91 Å². The maximum Gasteiger partial charge on any atom is 0.233 e. The van der Waals surface area contributed by atoms with E-state index in [4.69, 9.17) is 9.73 Å². The van der Waals surface area contributed by atoms with Crippen LogP contribution in [-0.2, 0) is 11.3 Å². The van der Waals surface area contributed by atoms with Crippen molar-refractivity contribution in [2.24, 2.45) is 10.9 Å². The average molecular weight is 403 g/mol. The molecule has 1 amide bonds. The number of carbonyl (C=O) groups is 1. The van der Waals surface area contributed by atoms with Crippen LogP contribution in [0.3, 0.4) is 0 Å². The van der Waals surface area contributed by atoms with Gasteiger partial charge in [0.2, 0.25) is 11.8 Å². The van der Waals surface area contributed by atoms with Gasteiger partial charge >= 0.3 is 0 Å². The van der Waals surface area contributed by atoms with Crippen LogP contribution in [0.5, 0.6) is 5.88 Å². The fraction of sp³-hybridized carbons (Fsp3) is 0.667. The van der Waals surface area contributed by atoms with E-state index >= 15 is 0 Å². The second kappa shape index (κ2) is 11.0. The standard InChI is InChI=1S/C21H34N6O2/c1-3-23-21(26-18-7-10-27(11-8-18)14-19(28)22-2)25-13-17-6-9-24-20(12-17)29-15-16-4-5-16/h6,9,12,16,18H,3-5,7-8,10-11,13-15H2,1-2H3,(H,22,28)(H2,23,25,26). The molecule has 0 atom stereocenters. The molecule has 1 aromatic heterocycles. The fourth-order valence-electron chi connectivity index (χ4n) is 3.32. The van der Waals surface area contributed by atoms with E-state index in [2.05, 4.69) is 32.8 Å². The van der Waals surface area contributed by atoms with Crippen LogP contribution in [0.4, 0.5) is 0 Å². The summed E-state index contributed by atoms with van der Waals surface area (Å²) in [4.78, 5) is 22.8. The first-order valence-corrected chi connectivity index (χ1v) is 10.7. The van der Waals surface area contributed by atoms with Gasteiger partial charge in [0.25, 0.3) is 0 Å². The van der Waals surface area contributed by atoms with Crippen molar-refractivity contribution in [3.63, 3.8) is 0 Å². The summed E-state index contributed by atoms with van der Waals surface area (Å²) < 4.78 is 5.77. The van der Waals surface area contributed by atoms with Gasteiger partial charge in [0.1, 0.15) is 0 Å². The van der Waals surface area contributed by atoms with Crippen molar-refractivity contribution < 1.29 is 9.53 Å². The monoisotopic (exact) mass is 402 g/mol. The van der Waals surface area contributed by atoms with E-state index in [1.807, 2.05) is 12.1 Å². The number of hydrogen-bond donors (Lipinski definition) is 3. The van der Waals surface area contributed by atoms with Crippen LogP contribution >= 0.6 is 0 Å². The quantitative estimate of drug-likeness (QED) is 0.424. The highest BCUT2D eigenvalue weighted by Gasteiger charge is 2.22. The summed E-state index contributed by atoms with van der Waals surface area (Å²) in [6.07, 6.45) is 6.32. The Morgan fingerprint density at radius 1 is 1.31 bits per heavy atom. The zero-order valence-corrected chi connectivity index (χ0v) is 17.6. The van der Waals surface area contributed by atoms with Crippen LogP contribution < -0.4 is 20.7 Å². The number of rotatable bonds is 9. The van der Waals surface area contributed by atoms with Gasteiger partial charge in [0.15, 0.2) is 5.96 Å². The van der Waals surface area contributed by atoms with E-state index in [0.29, 0.717) is 30.9 Å². The van der Waals surface area contributed by atoms with Crippen LogP contribution in [0, 0.1) is 5.92 Å². The first kappa shape index (κ1) is 21.4. The van der Waals surface area contributed by atoms with Crippen molar-refractivity contribution in [1.29, 1.82) is 0 Å². The number of piperidine rings is 1. The highest BCUT2D eigenvalue weighted by molar-refractivity contribution is 5.80. The molecule has 1 aromatic rings. The highest BCUT2D eigenvalue weighted by atomic mass is 16.5. The number of guanidine groups is 1. The molecule has 0 spiro atoms. The molecule has 1 saturated heterocycles. The molecule has 8 nitrogen and oxygen atoms in total. The van der Waals surface area contributed by atoms with Crippen molar-refractivity contribution in [2.75, 3.05) is 39.8 Å². The summed E-state index contributed by atoms with van der Waals surface area (Å²) in [5.74, 6) is 2.30. The minimum Gasteiger partial charge on any atom is -0.477 e. The van der Waals surface area contributed by atoms with Crippen LogP contribution in [0.1, 0.15) is 38.2 Å². The summed E-state index contributed by atoms with van der Waals surface area (Å²) in [6.45, 7) is 6.53. The van der Waals surface area contributed by atoms with E-state index in [1.54, 1.807) is 13.2 Å². The fourth-order valence-corrected chi connectivity index (χ4v) is 3.32. The number of aliphatic imine (C=N–C) groups is 1. The Kier molecular flexibility index (Phi) is 8.10. The minimum absolute atomic E-state index is 0.0733. The number of pyridine rings is 1. The van der Waals surface area contributed by atoms with Gasteiger partial charge in [-0.1, -0.05) is 0 Å². The van der Waals surface area contributed by atoms with Gasteiger partial charge in [0.05, 0.1) is 19.7 Å². The predicted molar refractivity (Wildman–Crippen MR) is 114 cm³/mol. The van der Waals surface area contributed by atoms with Crippen LogP contribution in [-0.4, -0.2) is 67.6 Å². The molecule has 0 radical (unpaired) electrons. The Morgan fingerprint density at radius 2 is 2.10 bits per heavy atom. The molecule has 2 heterocycles. The van der Waals surface area contributed by atoms with E-state index in [9.17, 15) is 4.79 Å². The molecule has 2 fully saturated rings. The zero-order valence-electron chi connectivity index (χ0n) is 17.6. The molecule has 29 heavy (non-hydrogen) atoms. The SMILES string of the molecule is CCNC(=NCc1ccnc(OCC2CC2)c1)NC1CCN(CC(=O)NC)CC1. The first-order valence-electron chi connectivity index (χ1n) is 10.7. The number of nitrogens with zero attached hydrogens (tertiary/aromatic N) is 3. The summed E-state index contributed by atoms with van der Waals surface area (Å²) in [5.41, 5.74) is 1.09. The Hall–Kier alpha value is -2.35. The molecule has 1 aliphatic carbocycles. The molecule has 1 saturated carbocycles. The van der Waals surface area contributed by atoms with Crippen LogP contribution in [0.25, 0.3) is 0 Å². The normalized spacial score (nSPS) is 18.3. The van der Waals surface area contributed by atoms with Gasteiger partial charge in [-0.3, -0.25) is 9.69 Å². The summed E-state index contributed by atoms with van der Waals surface area (Å²) in [5, 5.41) is 9.56. The number of hydrogen-bond acceptors (Lipinski definition) is 5. The third-order valence-corrected chi connectivity index (χ3v) is 5.30. The lowest BCUT2D eigenvalue weighted by molar-refractivity contribution is -0.122. The summed E-state index contributed by atoms with van der Waals surface area (Å²) in [6, 6.07) is 4.32. The molecule has 1 aliphatic heterocycles. The van der Waals surface area contributed by atoms with Crippen molar-refractivity contribution in [3.8, 4) is 5.88 Å². The lowest BCUT2D eigenvalue weighted by Gasteiger charge is -2.32. The lowest BCUT2D eigenvalue weighted by atomic mass is 10.1. The van der Waals surface area contributed by atoms with Crippen molar-refractivity contribution in [1.82, 2.24) is 25.8 Å². The van der Waals surface area contributed by atoms with Gasteiger partial charge in [-0.05, 0) is 50.2 Å². The number of likely N-dealkylation sites (tertiary alicyclic amines) is 1. The second-order valence-corrected chi connectivity index (χ2v) is 7.82. The predicted octanol–water partition coefficient (Wildman–Crippen LogP) is 1.14. The van der Waals surface area contributed by atoms with Gasteiger partial charge in [-0.15, -0.1) is 0 Å². The molecule has 2 aliphatic rings. The molecular weight excluding hydrogens is 368 g/mol. The van der Waals surface area contributed by atoms with Gasteiger partial charge < -0.3 is 20.7 Å². The van der Waals surface area contributed by atoms with E-state index in [1.165, 1.54) is 12.8 Å². The summed E-state index contributed by atoms with van der Waals surface area (Å²) >= 11 is 0. The van der Waals surface area contributed by atoms with Crippen molar-refractivity contribution in [3.05, 3.63) is 23.9 Å². The average Bonchev–Trinajstić information content (AvgIpc) is 3.57. The number of nitrogens with one attached hydrogen (secondary N) is 3. The largest absolute Gasteiger partial charge is 0.477 e. The number of ether oxygens (including phenoxy) is 1. The zero-order chi connectivity index (χ0) is 20.5.